The van der Waals surface area contributed by atoms with Crippen LogP contribution in [-0.2, 0) is 11.3 Å². The van der Waals surface area contributed by atoms with Gasteiger partial charge in [0.15, 0.2) is 0 Å². The zero-order valence-corrected chi connectivity index (χ0v) is 8.73. The summed E-state index contributed by atoms with van der Waals surface area (Å²) in [6.45, 7) is 2.25. The number of nitrogens with one attached hydrogen (secondary N) is 1. The maximum atomic E-state index is 11.2. The number of aryl methyl sites for hydroxylation is 1. The van der Waals surface area contributed by atoms with Gasteiger partial charge in [0, 0.05) is 19.2 Å². The Morgan fingerprint density at radius 1 is 1.60 bits per heavy atom. The predicted molar refractivity (Wildman–Crippen MR) is 54.9 cm³/mol. The average Bonchev–Trinajstić information content (AvgIpc) is 2.23. The van der Waals surface area contributed by atoms with Gasteiger partial charge in [-0.25, -0.2) is 9.97 Å². The maximum Gasteiger partial charge on any atom is 0.220 e. The summed E-state index contributed by atoms with van der Waals surface area (Å²) in [5.74, 6) is 0.623. The number of aliphatic hydroxyl groups is 1. The summed E-state index contributed by atoms with van der Waals surface area (Å²) < 4.78 is 0. The van der Waals surface area contributed by atoms with E-state index in [-0.39, 0.29) is 12.5 Å². The normalized spacial score (nSPS) is 10.0. The van der Waals surface area contributed by atoms with Crippen molar-refractivity contribution in [2.75, 3.05) is 6.61 Å². The molecule has 0 aromatic carbocycles. The van der Waals surface area contributed by atoms with Crippen molar-refractivity contribution in [3.63, 3.8) is 0 Å². The molecule has 0 bridgehead atoms. The number of nitrogens with zero attached hydrogens (tertiary/aromatic N) is 2. The third kappa shape index (κ3) is 4.51. The highest BCUT2D eigenvalue weighted by molar-refractivity contribution is 5.75. The average molecular weight is 209 g/mol. The van der Waals surface area contributed by atoms with E-state index in [1.54, 1.807) is 19.2 Å². The van der Waals surface area contributed by atoms with Gasteiger partial charge in [-0.2, -0.15) is 0 Å². The van der Waals surface area contributed by atoms with Crippen LogP contribution < -0.4 is 5.32 Å². The van der Waals surface area contributed by atoms with Crippen LogP contribution >= 0.6 is 0 Å². The Bertz CT molecular complexity index is 328. The molecule has 0 aliphatic carbocycles. The number of hydrogen-bond donors (Lipinski definition) is 2. The van der Waals surface area contributed by atoms with E-state index in [0.29, 0.717) is 25.2 Å². The summed E-state index contributed by atoms with van der Waals surface area (Å²) >= 11 is 0. The number of amides is 1. The topological polar surface area (TPSA) is 75.1 Å². The highest BCUT2D eigenvalue weighted by Crippen LogP contribution is 1.95. The Kier molecular flexibility index (Phi) is 4.70. The minimum atomic E-state index is -0.0692. The van der Waals surface area contributed by atoms with Crippen molar-refractivity contribution in [3.8, 4) is 0 Å². The lowest BCUT2D eigenvalue weighted by Crippen LogP contribution is -2.23. The van der Waals surface area contributed by atoms with Crippen LogP contribution in [0.1, 0.15) is 24.4 Å². The van der Waals surface area contributed by atoms with Crippen molar-refractivity contribution in [3.05, 3.63) is 23.8 Å². The Balaban J connectivity index is 2.33. The highest BCUT2D eigenvalue weighted by atomic mass is 16.3. The molecule has 0 unspecified atom stereocenters. The molecule has 0 aliphatic heterocycles. The smallest absolute Gasteiger partial charge is 0.220 e. The molecule has 1 aromatic rings. The quantitative estimate of drug-likeness (QED) is 0.725. The molecule has 82 valence electrons. The first-order valence-electron chi connectivity index (χ1n) is 4.88. The number of hydrogen-bond acceptors (Lipinski definition) is 4. The molecule has 0 saturated carbocycles. The summed E-state index contributed by atoms with van der Waals surface area (Å²) in [4.78, 5) is 19.3. The van der Waals surface area contributed by atoms with Gasteiger partial charge in [-0.05, 0) is 19.4 Å². The Labute approximate surface area is 88.6 Å². The first kappa shape index (κ1) is 11.6. The fourth-order valence-corrected chi connectivity index (χ4v) is 1.12. The molecule has 5 heteroatoms. The molecule has 0 fully saturated rings. The predicted octanol–water partition coefficient (Wildman–Crippen LogP) is 0.174. The van der Waals surface area contributed by atoms with Crippen LogP contribution in [0.25, 0.3) is 0 Å². The highest BCUT2D eigenvalue weighted by Gasteiger charge is 2.01. The van der Waals surface area contributed by atoms with E-state index < -0.39 is 0 Å². The third-order valence-corrected chi connectivity index (χ3v) is 1.86. The van der Waals surface area contributed by atoms with Gasteiger partial charge in [-0.3, -0.25) is 4.79 Å². The van der Waals surface area contributed by atoms with Crippen molar-refractivity contribution in [1.29, 1.82) is 0 Å². The molecular formula is C10H15N3O2. The molecule has 1 amide bonds. The Morgan fingerprint density at radius 2 is 2.40 bits per heavy atom. The summed E-state index contributed by atoms with van der Waals surface area (Å²) in [5.41, 5.74) is 0.792. The summed E-state index contributed by atoms with van der Waals surface area (Å²) in [7, 11) is 0. The molecule has 1 heterocycles. The van der Waals surface area contributed by atoms with Gasteiger partial charge in [0.2, 0.25) is 5.91 Å². The second-order valence-corrected chi connectivity index (χ2v) is 3.20. The summed E-state index contributed by atoms with van der Waals surface area (Å²) in [5, 5.41) is 11.3. The zero-order valence-electron chi connectivity index (χ0n) is 8.73. The summed E-state index contributed by atoms with van der Waals surface area (Å²) in [6.07, 6.45) is 2.51. The van der Waals surface area contributed by atoms with Crippen molar-refractivity contribution in [1.82, 2.24) is 15.3 Å². The van der Waals surface area contributed by atoms with E-state index in [1.165, 1.54) is 0 Å². The SMILES string of the molecule is Cc1nccc(CNC(=O)CCCO)n1. The van der Waals surface area contributed by atoms with E-state index in [2.05, 4.69) is 15.3 Å². The fraction of sp³-hybridized carbons (Fsp3) is 0.500. The molecule has 0 spiro atoms. The monoisotopic (exact) mass is 209 g/mol. The lowest BCUT2D eigenvalue weighted by Gasteiger charge is -2.04. The zero-order chi connectivity index (χ0) is 11.1. The van der Waals surface area contributed by atoms with Crippen LogP contribution in [0.4, 0.5) is 0 Å². The fourth-order valence-electron chi connectivity index (χ4n) is 1.12. The van der Waals surface area contributed by atoms with Crippen LogP contribution in [0.5, 0.6) is 0 Å². The van der Waals surface area contributed by atoms with Crippen LogP contribution in [0.15, 0.2) is 12.3 Å². The first-order valence-corrected chi connectivity index (χ1v) is 4.88. The molecule has 1 aromatic heterocycles. The molecule has 0 saturated heterocycles. The van der Waals surface area contributed by atoms with Crippen LogP contribution in [0.2, 0.25) is 0 Å². The number of rotatable bonds is 5. The standard InChI is InChI=1S/C10H15N3O2/c1-8-11-5-4-9(13-8)7-12-10(15)3-2-6-14/h4-5,14H,2-3,6-7H2,1H3,(H,12,15). The van der Waals surface area contributed by atoms with E-state index in [1.807, 2.05) is 0 Å². The van der Waals surface area contributed by atoms with E-state index in [9.17, 15) is 4.79 Å². The number of aromatic nitrogens is 2. The van der Waals surface area contributed by atoms with Gasteiger partial charge >= 0.3 is 0 Å². The lowest BCUT2D eigenvalue weighted by molar-refractivity contribution is -0.121. The van der Waals surface area contributed by atoms with Crippen molar-refractivity contribution in [2.24, 2.45) is 0 Å². The minimum Gasteiger partial charge on any atom is -0.396 e. The van der Waals surface area contributed by atoms with Crippen LogP contribution in [0, 0.1) is 6.92 Å². The van der Waals surface area contributed by atoms with Crippen molar-refractivity contribution < 1.29 is 9.90 Å². The molecule has 1 rings (SSSR count). The molecule has 0 radical (unpaired) electrons. The van der Waals surface area contributed by atoms with E-state index in [0.717, 1.165) is 5.69 Å². The molecule has 0 aliphatic rings. The molecular weight excluding hydrogens is 194 g/mol. The second kappa shape index (κ2) is 6.08. The second-order valence-electron chi connectivity index (χ2n) is 3.20. The summed E-state index contributed by atoms with van der Waals surface area (Å²) in [6, 6.07) is 1.76. The Hall–Kier alpha value is -1.49. The molecule has 0 atom stereocenters. The van der Waals surface area contributed by atoms with Gasteiger partial charge in [0.25, 0.3) is 0 Å². The van der Waals surface area contributed by atoms with E-state index in [4.69, 9.17) is 5.11 Å². The Morgan fingerprint density at radius 3 is 3.07 bits per heavy atom. The van der Waals surface area contributed by atoms with Crippen molar-refractivity contribution in [2.45, 2.75) is 26.3 Å². The van der Waals surface area contributed by atoms with Crippen LogP contribution in [0.3, 0.4) is 0 Å². The maximum absolute atomic E-state index is 11.2. The lowest BCUT2D eigenvalue weighted by atomic mass is 10.3. The number of carbonyl (C=O) groups is 1. The minimum absolute atomic E-state index is 0.0417. The van der Waals surface area contributed by atoms with Gasteiger partial charge in [0.05, 0.1) is 12.2 Å². The first-order chi connectivity index (χ1) is 7.22. The van der Waals surface area contributed by atoms with Gasteiger partial charge in [-0.15, -0.1) is 0 Å². The molecule has 5 nitrogen and oxygen atoms in total. The van der Waals surface area contributed by atoms with E-state index >= 15 is 0 Å². The third-order valence-electron chi connectivity index (χ3n) is 1.86. The van der Waals surface area contributed by atoms with Gasteiger partial charge < -0.3 is 10.4 Å². The van der Waals surface area contributed by atoms with Crippen LogP contribution in [-0.4, -0.2) is 27.6 Å². The van der Waals surface area contributed by atoms with Crippen molar-refractivity contribution >= 4 is 5.91 Å². The molecule has 2 N–H and O–H groups in total. The largest absolute Gasteiger partial charge is 0.396 e. The molecule has 15 heavy (non-hydrogen) atoms. The number of aliphatic hydroxyl groups excluding tert-OH is 1. The van der Waals surface area contributed by atoms with Gasteiger partial charge in [-0.1, -0.05) is 0 Å². The number of carbonyl (C=O) groups excluding carboxylic acids is 1. The van der Waals surface area contributed by atoms with Gasteiger partial charge in [0.1, 0.15) is 5.82 Å².